The van der Waals surface area contributed by atoms with Crippen LogP contribution >= 0.6 is 15.9 Å². The first-order valence-corrected chi connectivity index (χ1v) is 7.72. The van der Waals surface area contributed by atoms with Crippen molar-refractivity contribution in [3.63, 3.8) is 0 Å². The largest absolute Gasteiger partial charge is 0.365 e. The Labute approximate surface area is 113 Å². The third-order valence-corrected chi connectivity index (χ3v) is 4.00. The van der Waals surface area contributed by atoms with Crippen molar-refractivity contribution in [2.45, 2.75) is 58.1 Å². The minimum Gasteiger partial charge on any atom is -0.365 e. The fraction of sp³-hybridized carbons (Fsp3) is 0.923. The maximum atomic E-state index is 12.6. The average molecular weight is 306 g/mol. The summed E-state index contributed by atoms with van der Waals surface area (Å²) in [5, 5.41) is 0.825. The number of hydrogen-bond donors (Lipinski definition) is 0. The molecule has 0 bridgehead atoms. The van der Waals surface area contributed by atoms with Crippen LogP contribution in [-0.2, 0) is 9.53 Å². The van der Waals surface area contributed by atoms with Gasteiger partial charge in [-0.1, -0.05) is 29.8 Å². The van der Waals surface area contributed by atoms with Crippen molar-refractivity contribution < 1.29 is 9.53 Å². The van der Waals surface area contributed by atoms with E-state index in [1.165, 1.54) is 0 Å². The van der Waals surface area contributed by atoms with E-state index in [2.05, 4.69) is 29.8 Å². The van der Waals surface area contributed by atoms with Gasteiger partial charge >= 0.3 is 0 Å². The van der Waals surface area contributed by atoms with Gasteiger partial charge < -0.3 is 9.64 Å². The van der Waals surface area contributed by atoms with Crippen molar-refractivity contribution in [2.24, 2.45) is 0 Å². The Hall–Kier alpha value is -0.0900. The Morgan fingerprint density at radius 1 is 1.47 bits per heavy atom. The van der Waals surface area contributed by atoms with E-state index in [-0.39, 0.29) is 5.91 Å². The molecule has 0 saturated carbocycles. The highest BCUT2D eigenvalue weighted by Crippen LogP contribution is 2.28. The minimum absolute atomic E-state index is 0.170. The first-order valence-electron chi connectivity index (χ1n) is 6.60. The molecule has 1 heterocycles. The van der Waals surface area contributed by atoms with Crippen LogP contribution in [0, 0.1) is 0 Å². The van der Waals surface area contributed by atoms with Gasteiger partial charge in [0.2, 0.25) is 0 Å². The molecular formula is C13H24BrNO2. The summed E-state index contributed by atoms with van der Waals surface area (Å²) in [6.07, 6.45) is 3.86. The number of carbonyl (C=O) groups is 1. The molecular weight excluding hydrogens is 282 g/mol. The van der Waals surface area contributed by atoms with E-state index in [0.717, 1.165) is 37.6 Å². The SMILES string of the molecule is CCC(CC)N(CCBr)C(=O)C1(C)CCCO1. The number of rotatable bonds is 6. The van der Waals surface area contributed by atoms with E-state index in [4.69, 9.17) is 4.74 Å². The third-order valence-electron chi connectivity index (χ3n) is 3.64. The van der Waals surface area contributed by atoms with Crippen molar-refractivity contribution in [3.8, 4) is 0 Å². The molecule has 3 nitrogen and oxygen atoms in total. The van der Waals surface area contributed by atoms with E-state index >= 15 is 0 Å². The maximum absolute atomic E-state index is 12.6. The molecule has 1 unspecified atom stereocenters. The summed E-state index contributed by atoms with van der Waals surface area (Å²) in [5.41, 5.74) is -0.579. The van der Waals surface area contributed by atoms with Gasteiger partial charge in [0.05, 0.1) is 0 Å². The highest BCUT2D eigenvalue weighted by molar-refractivity contribution is 9.09. The molecule has 1 fully saturated rings. The monoisotopic (exact) mass is 305 g/mol. The fourth-order valence-corrected chi connectivity index (χ4v) is 2.90. The van der Waals surface area contributed by atoms with E-state index in [9.17, 15) is 4.79 Å². The Bertz CT molecular complexity index is 248. The zero-order chi connectivity index (χ0) is 12.9. The van der Waals surface area contributed by atoms with Crippen LogP contribution in [0.3, 0.4) is 0 Å². The molecule has 0 N–H and O–H groups in total. The second-order valence-corrected chi connectivity index (χ2v) is 5.63. The number of hydrogen-bond acceptors (Lipinski definition) is 2. The molecule has 0 aliphatic carbocycles. The highest BCUT2D eigenvalue weighted by atomic mass is 79.9. The standard InChI is InChI=1S/C13H24BrNO2/c1-4-11(5-2)15(9-8-14)12(16)13(3)7-6-10-17-13/h11H,4-10H2,1-3H3. The number of halogens is 1. The fourth-order valence-electron chi connectivity index (χ4n) is 2.52. The zero-order valence-electron chi connectivity index (χ0n) is 11.2. The predicted molar refractivity (Wildman–Crippen MR) is 73.5 cm³/mol. The molecule has 1 atom stereocenters. The highest BCUT2D eigenvalue weighted by Gasteiger charge is 2.41. The van der Waals surface area contributed by atoms with Crippen molar-refractivity contribution in [1.82, 2.24) is 4.90 Å². The van der Waals surface area contributed by atoms with Crippen LogP contribution in [-0.4, -0.2) is 40.9 Å². The summed E-state index contributed by atoms with van der Waals surface area (Å²) in [4.78, 5) is 14.6. The molecule has 0 aromatic heterocycles. The number of alkyl halides is 1. The van der Waals surface area contributed by atoms with Crippen molar-refractivity contribution in [2.75, 3.05) is 18.5 Å². The van der Waals surface area contributed by atoms with Gasteiger partial charge in [-0.15, -0.1) is 0 Å². The zero-order valence-corrected chi connectivity index (χ0v) is 12.8. The summed E-state index contributed by atoms with van der Waals surface area (Å²) in [5.74, 6) is 0.170. The number of amides is 1. The number of ether oxygens (including phenoxy) is 1. The number of nitrogens with zero attached hydrogens (tertiary/aromatic N) is 1. The lowest BCUT2D eigenvalue weighted by atomic mass is 9.99. The van der Waals surface area contributed by atoms with Crippen LogP contribution in [0.4, 0.5) is 0 Å². The molecule has 0 radical (unpaired) electrons. The summed E-state index contributed by atoms with van der Waals surface area (Å²) >= 11 is 3.44. The second-order valence-electron chi connectivity index (χ2n) is 4.84. The van der Waals surface area contributed by atoms with Gasteiger partial charge in [-0.05, 0) is 32.6 Å². The molecule has 1 saturated heterocycles. The van der Waals surface area contributed by atoms with Crippen LogP contribution in [0.25, 0.3) is 0 Å². The lowest BCUT2D eigenvalue weighted by molar-refractivity contribution is -0.153. The van der Waals surface area contributed by atoms with Crippen LogP contribution in [0.15, 0.2) is 0 Å². The Morgan fingerprint density at radius 3 is 2.53 bits per heavy atom. The first-order chi connectivity index (χ1) is 8.09. The first kappa shape index (κ1) is 15.0. The molecule has 1 aliphatic rings. The summed E-state index contributed by atoms with van der Waals surface area (Å²) in [6.45, 7) is 7.70. The predicted octanol–water partition coefficient (Wildman–Crippen LogP) is 2.97. The lowest BCUT2D eigenvalue weighted by Crippen LogP contribution is -2.51. The topological polar surface area (TPSA) is 29.5 Å². The van der Waals surface area contributed by atoms with Crippen molar-refractivity contribution in [3.05, 3.63) is 0 Å². The molecule has 0 spiro atoms. The maximum Gasteiger partial charge on any atom is 0.254 e. The molecule has 4 heteroatoms. The second kappa shape index (κ2) is 6.74. The molecule has 0 aromatic carbocycles. The van der Waals surface area contributed by atoms with Gasteiger partial charge in [0.25, 0.3) is 5.91 Å². The van der Waals surface area contributed by atoms with Crippen molar-refractivity contribution in [1.29, 1.82) is 0 Å². The third kappa shape index (κ3) is 3.44. The molecule has 1 rings (SSSR count). The molecule has 17 heavy (non-hydrogen) atoms. The molecule has 0 aromatic rings. The van der Waals surface area contributed by atoms with Crippen LogP contribution < -0.4 is 0 Å². The van der Waals surface area contributed by atoms with Crippen molar-refractivity contribution >= 4 is 21.8 Å². The minimum atomic E-state index is -0.579. The smallest absolute Gasteiger partial charge is 0.254 e. The number of carbonyl (C=O) groups excluding carboxylic acids is 1. The Morgan fingerprint density at radius 2 is 2.12 bits per heavy atom. The van der Waals surface area contributed by atoms with E-state index in [0.29, 0.717) is 12.6 Å². The Balaban J connectivity index is 2.78. The summed E-state index contributed by atoms with van der Waals surface area (Å²) in [6, 6.07) is 0.334. The lowest BCUT2D eigenvalue weighted by Gasteiger charge is -2.36. The van der Waals surface area contributed by atoms with Gasteiger partial charge in [-0.25, -0.2) is 0 Å². The Kier molecular flexibility index (Phi) is 5.93. The van der Waals surface area contributed by atoms with Crippen LogP contribution in [0.2, 0.25) is 0 Å². The average Bonchev–Trinajstić information content (AvgIpc) is 2.77. The van der Waals surface area contributed by atoms with Gasteiger partial charge in [-0.3, -0.25) is 4.79 Å². The van der Waals surface area contributed by atoms with Gasteiger partial charge in [-0.2, -0.15) is 0 Å². The summed E-state index contributed by atoms with van der Waals surface area (Å²) in [7, 11) is 0. The quantitative estimate of drug-likeness (QED) is 0.706. The normalized spacial score (nSPS) is 24.3. The van der Waals surface area contributed by atoms with Gasteiger partial charge in [0, 0.05) is 24.5 Å². The molecule has 1 amide bonds. The van der Waals surface area contributed by atoms with Gasteiger partial charge in [0.15, 0.2) is 0 Å². The van der Waals surface area contributed by atoms with E-state index in [1.54, 1.807) is 0 Å². The van der Waals surface area contributed by atoms with E-state index < -0.39 is 5.60 Å². The van der Waals surface area contributed by atoms with Gasteiger partial charge in [0.1, 0.15) is 5.60 Å². The van der Waals surface area contributed by atoms with Crippen LogP contribution in [0.5, 0.6) is 0 Å². The van der Waals surface area contributed by atoms with E-state index in [1.807, 2.05) is 11.8 Å². The van der Waals surface area contributed by atoms with Crippen LogP contribution in [0.1, 0.15) is 46.5 Å². The molecule has 1 aliphatic heterocycles. The summed E-state index contributed by atoms with van der Waals surface area (Å²) < 4.78 is 5.66. The molecule has 100 valence electrons.